The van der Waals surface area contributed by atoms with E-state index < -0.39 is 0 Å². The van der Waals surface area contributed by atoms with Gasteiger partial charge in [-0.2, -0.15) is 0 Å². The lowest BCUT2D eigenvalue weighted by atomic mass is 10.1. The number of hydrogen-bond acceptors (Lipinski definition) is 3. The van der Waals surface area contributed by atoms with Crippen LogP contribution in [0, 0.1) is 5.82 Å². The molecule has 0 saturated heterocycles. The van der Waals surface area contributed by atoms with Gasteiger partial charge in [0.05, 0.1) is 13.2 Å². The lowest BCUT2D eigenvalue weighted by Gasteiger charge is -2.12. The molecule has 0 fully saturated rings. The lowest BCUT2D eigenvalue weighted by molar-refractivity contribution is 0.0963. The molecule has 0 heterocycles. The monoisotopic (exact) mass is 400 g/mol. The number of halogens is 1. The van der Waals surface area contributed by atoms with E-state index in [0.717, 1.165) is 24.1 Å². The SMILES string of the molecule is CCNC(=NCc1ccc(F)c(COC)c1)NCCc1cccc(C(=O)NC)c1. The highest BCUT2D eigenvalue weighted by Crippen LogP contribution is 2.12. The van der Waals surface area contributed by atoms with E-state index in [-0.39, 0.29) is 18.3 Å². The Kier molecular flexibility index (Phi) is 9.11. The highest BCUT2D eigenvalue weighted by atomic mass is 19.1. The summed E-state index contributed by atoms with van der Waals surface area (Å²) in [7, 11) is 3.16. The van der Waals surface area contributed by atoms with Gasteiger partial charge in [0.15, 0.2) is 5.96 Å². The van der Waals surface area contributed by atoms with Crippen molar-refractivity contribution < 1.29 is 13.9 Å². The number of carbonyl (C=O) groups is 1. The molecule has 0 aliphatic heterocycles. The Bertz CT molecular complexity index is 839. The molecule has 0 aliphatic carbocycles. The topological polar surface area (TPSA) is 74.8 Å². The molecule has 2 aromatic rings. The Hall–Kier alpha value is -2.93. The second kappa shape index (κ2) is 11.8. The second-order valence-electron chi connectivity index (χ2n) is 6.51. The maximum absolute atomic E-state index is 13.7. The first-order valence-corrected chi connectivity index (χ1v) is 9.66. The quantitative estimate of drug-likeness (QED) is 0.447. The van der Waals surface area contributed by atoms with Crippen LogP contribution < -0.4 is 16.0 Å². The van der Waals surface area contributed by atoms with Crippen molar-refractivity contribution in [1.82, 2.24) is 16.0 Å². The third kappa shape index (κ3) is 7.19. The summed E-state index contributed by atoms with van der Waals surface area (Å²) in [4.78, 5) is 16.3. The van der Waals surface area contributed by atoms with E-state index >= 15 is 0 Å². The highest BCUT2D eigenvalue weighted by Gasteiger charge is 2.05. The molecule has 1 amide bonds. The van der Waals surface area contributed by atoms with Crippen molar-refractivity contribution >= 4 is 11.9 Å². The summed E-state index contributed by atoms with van der Waals surface area (Å²) in [6.45, 7) is 4.06. The van der Waals surface area contributed by atoms with E-state index in [1.807, 2.05) is 25.1 Å². The number of methoxy groups -OCH3 is 1. The maximum Gasteiger partial charge on any atom is 0.251 e. The van der Waals surface area contributed by atoms with Crippen LogP contribution in [0.5, 0.6) is 0 Å². The van der Waals surface area contributed by atoms with Gasteiger partial charge in [-0.15, -0.1) is 0 Å². The van der Waals surface area contributed by atoms with Crippen LogP contribution in [0.25, 0.3) is 0 Å². The summed E-state index contributed by atoms with van der Waals surface area (Å²) in [6.07, 6.45) is 0.754. The van der Waals surface area contributed by atoms with Gasteiger partial charge in [0, 0.05) is 38.4 Å². The number of hydrogen-bond donors (Lipinski definition) is 3. The average molecular weight is 400 g/mol. The fraction of sp³-hybridized carbons (Fsp3) is 0.364. The zero-order valence-corrected chi connectivity index (χ0v) is 17.2. The molecule has 0 bridgehead atoms. The summed E-state index contributed by atoms with van der Waals surface area (Å²) >= 11 is 0. The number of ether oxygens (including phenoxy) is 1. The Labute approximate surface area is 171 Å². The van der Waals surface area contributed by atoms with Crippen LogP contribution in [0.15, 0.2) is 47.5 Å². The summed E-state index contributed by atoms with van der Waals surface area (Å²) < 4.78 is 18.8. The van der Waals surface area contributed by atoms with Gasteiger partial charge in [-0.3, -0.25) is 4.79 Å². The molecule has 0 aromatic heterocycles. The molecule has 3 N–H and O–H groups in total. The van der Waals surface area contributed by atoms with Crippen LogP contribution in [0.3, 0.4) is 0 Å². The Morgan fingerprint density at radius 2 is 1.97 bits per heavy atom. The van der Waals surface area contributed by atoms with E-state index in [9.17, 15) is 9.18 Å². The van der Waals surface area contributed by atoms with Crippen LogP contribution in [0.4, 0.5) is 4.39 Å². The van der Waals surface area contributed by atoms with Crippen LogP contribution in [0.2, 0.25) is 0 Å². The van der Waals surface area contributed by atoms with Crippen molar-refractivity contribution in [3.8, 4) is 0 Å². The predicted octanol–water partition coefficient (Wildman–Crippen LogP) is 2.63. The first-order valence-electron chi connectivity index (χ1n) is 9.66. The normalized spacial score (nSPS) is 11.2. The second-order valence-corrected chi connectivity index (χ2v) is 6.51. The maximum atomic E-state index is 13.7. The third-order valence-electron chi connectivity index (χ3n) is 4.30. The zero-order valence-electron chi connectivity index (χ0n) is 17.2. The molecule has 2 rings (SSSR count). The van der Waals surface area contributed by atoms with Crippen LogP contribution in [0.1, 0.15) is 34.0 Å². The van der Waals surface area contributed by atoms with E-state index in [1.165, 1.54) is 6.07 Å². The molecule has 7 heteroatoms. The van der Waals surface area contributed by atoms with Gasteiger partial charge in [0.25, 0.3) is 5.91 Å². The molecule has 0 radical (unpaired) electrons. The number of nitrogens with one attached hydrogen (secondary N) is 3. The van der Waals surface area contributed by atoms with Gasteiger partial charge in [0.2, 0.25) is 0 Å². The number of amides is 1. The molecular weight excluding hydrogens is 371 g/mol. The van der Waals surface area contributed by atoms with E-state index in [0.29, 0.717) is 30.2 Å². The standard InChI is InChI=1S/C22H29FN4O2/c1-4-25-22(27-14-17-8-9-20(23)19(13-17)15-29-3)26-11-10-16-6-5-7-18(12-16)21(28)24-2/h5-9,12-13H,4,10-11,14-15H2,1-3H3,(H,24,28)(H2,25,26,27). The predicted molar refractivity (Wildman–Crippen MR) is 113 cm³/mol. The van der Waals surface area contributed by atoms with Crippen molar-refractivity contribution in [3.63, 3.8) is 0 Å². The fourth-order valence-electron chi connectivity index (χ4n) is 2.84. The summed E-state index contributed by atoms with van der Waals surface area (Å²) in [5, 5.41) is 9.13. The molecule has 0 atom stereocenters. The Morgan fingerprint density at radius 1 is 1.14 bits per heavy atom. The molecule has 156 valence electrons. The van der Waals surface area contributed by atoms with Crippen molar-refractivity contribution in [2.45, 2.75) is 26.5 Å². The third-order valence-corrected chi connectivity index (χ3v) is 4.30. The molecule has 0 aliphatic rings. The van der Waals surface area contributed by atoms with Gasteiger partial charge in [-0.25, -0.2) is 9.38 Å². The molecule has 0 saturated carbocycles. The molecule has 29 heavy (non-hydrogen) atoms. The van der Waals surface area contributed by atoms with E-state index in [4.69, 9.17) is 4.74 Å². The molecule has 0 unspecified atom stereocenters. The van der Waals surface area contributed by atoms with Crippen molar-refractivity contribution in [3.05, 3.63) is 70.5 Å². The van der Waals surface area contributed by atoms with E-state index in [2.05, 4.69) is 20.9 Å². The minimum Gasteiger partial charge on any atom is -0.380 e. The van der Waals surface area contributed by atoms with E-state index in [1.54, 1.807) is 32.4 Å². The number of guanidine groups is 1. The average Bonchev–Trinajstić information content (AvgIpc) is 2.74. The summed E-state index contributed by atoms with van der Waals surface area (Å²) in [5.74, 6) is 0.318. The van der Waals surface area contributed by atoms with Crippen LogP contribution in [-0.2, 0) is 24.3 Å². The van der Waals surface area contributed by atoms with Crippen LogP contribution in [-0.4, -0.2) is 39.1 Å². The Balaban J connectivity index is 1.96. The fourth-order valence-corrected chi connectivity index (χ4v) is 2.84. The lowest BCUT2D eigenvalue weighted by Crippen LogP contribution is -2.38. The number of nitrogens with zero attached hydrogens (tertiary/aromatic N) is 1. The number of rotatable bonds is 9. The van der Waals surface area contributed by atoms with Gasteiger partial charge in [-0.05, 0) is 48.7 Å². The molecule has 2 aromatic carbocycles. The number of aliphatic imine (C=N–C) groups is 1. The van der Waals surface area contributed by atoms with Crippen molar-refractivity contribution in [1.29, 1.82) is 0 Å². The van der Waals surface area contributed by atoms with Crippen molar-refractivity contribution in [2.24, 2.45) is 4.99 Å². The van der Waals surface area contributed by atoms with Crippen LogP contribution >= 0.6 is 0 Å². The highest BCUT2D eigenvalue weighted by molar-refractivity contribution is 5.94. The largest absolute Gasteiger partial charge is 0.380 e. The number of carbonyl (C=O) groups excluding carboxylic acids is 1. The van der Waals surface area contributed by atoms with Gasteiger partial charge < -0.3 is 20.7 Å². The van der Waals surface area contributed by atoms with Gasteiger partial charge in [0.1, 0.15) is 5.82 Å². The zero-order chi connectivity index (χ0) is 21.1. The molecular formula is C22H29FN4O2. The Morgan fingerprint density at radius 3 is 2.69 bits per heavy atom. The van der Waals surface area contributed by atoms with Crippen molar-refractivity contribution in [2.75, 3.05) is 27.2 Å². The summed E-state index contributed by atoms with van der Waals surface area (Å²) in [5.41, 5.74) is 3.15. The first-order chi connectivity index (χ1) is 14.1. The minimum absolute atomic E-state index is 0.0955. The minimum atomic E-state index is -0.274. The first kappa shape index (κ1) is 22.4. The summed E-state index contributed by atoms with van der Waals surface area (Å²) in [6, 6.07) is 12.5. The van der Waals surface area contributed by atoms with Gasteiger partial charge >= 0.3 is 0 Å². The smallest absolute Gasteiger partial charge is 0.251 e. The molecule has 0 spiro atoms. The van der Waals surface area contributed by atoms with Gasteiger partial charge in [-0.1, -0.05) is 18.2 Å². The number of benzene rings is 2. The molecule has 6 nitrogen and oxygen atoms in total.